The van der Waals surface area contributed by atoms with Crippen LogP contribution in [0.1, 0.15) is 50.3 Å². The van der Waals surface area contributed by atoms with E-state index in [-0.39, 0.29) is 23.8 Å². The topological polar surface area (TPSA) is 49.7 Å². The number of hydrazone groups is 1. The van der Waals surface area contributed by atoms with Gasteiger partial charge in [0.2, 0.25) is 0 Å². The molecule has 0 saturated carbocycles. The van der Waals surface area contributed by atoms with Crippen molar-refractivity contribution in [3.05, 3.63) is 64.2 Å². The van der Waals surface area contributed by atoms with Crippen LogP contribution in [0.5, 0.6) is 0 Å². The second-order valence-electron chi connectivity index (χ2n) is 8.46. The molecule has 2 aromatic carbocycles. The van der Waals surface area contributed by atoms with E-state index in [1.165, 1.54) is 12.1 Å². The molecule has 0 aliphatic carbocycles. The van der Waals surface area contributed by atoms with Crippen molar-refractivity contribution in [1.29, 1.82) is 0 Å². The minimum atomic E-state index is -4.45. The van der Waals surface area contributed by atoms with E-state index in [1.807, 2.05) is 26.8 Å². The number of carbonyl (C=O) groups excluding carboxylic acids is 2. The van der Waals surface area contributed by atoms with Crippen molar-refractivity contribution in [2.24, 2.45) is 10.5 Å². The van der Waals surface area contributed by atoms with Crippen molar-refractivity contribution in [3.63, 3.8) is 0 Å². The first-order valence-corrected chi connectivity index (χ1v) is 10.1. The molecule has 8 heteroatoms. The van der Waals surface area contributed by atoms with E-state index >= 15 is 0 Å². The van der Waals surface area contributed by atoms with Crippen molar-refractivity contribution in [2.45, 2.75) is 46.2 Å². The standard InChI is InChI=1S/C23H22ClF3N2O2/c1-22(2,3)20(30)11-5-14-4-10-18(24)17(12-14)19-13-21(31)29(28-19)16-8-6-15(7-9-16)23(25,26)27/h4,6-10,12H,5,11,13H2,1-3H3. The zero-order valence-corrected chi connectivity index (χ0v) is 18.1. The maximum absolute atomic E-state index is 12.8. The molecule has 3 rings (SSSR count). The average molecular weight is 451 g/mol. The Hall–Kier alpha value is -2.67. The molecule has 0 fully saturated rings. The maximum Gasteiger partial charge on any atom is 0.416 e. The van der Waals surface area contributed by atoms with E-state index < -0.39 is 17.2 Å². The lowest BCUT2D eigenvalue weighted by molar-refractivity contribution is -0.137. The first-order chi connectivity index (χ1) is 14.4. The van der Waals surface area contributed by atoms with Gasteiger partial charge in [0, 0.05) is 22.4 Å². The molecule has 1 aliphatic heterocycles. The van der Waals surface area contributed by atoms with Crippen molar-refractivity contribution in [2.75, 3.05) is 5.01 Å². The van der Waals surface area contributed by atoms with Crippen molar-refractivity contribution in [3.8, 4) is 0 Å². The summed E-state index contributed by atoms with van der Waals surface area (Å²) in [5.41, 5.74) is 0.923. The number of alkyl halides is 3. The fourth-order valence-electron chi connectivity index (χ4n) is 3.15. The number of nitrogens with zero attached hydrogens (tertiary/aromatic N) is 2. The highest BCUT2D eigenvalue weighted by Gasteiger charge is 2.32. The summed E-state index contributed by atoms with van der Waals surface area (Å²) in [7, 11) is 0. The molecule has 1 amide bonds. The molecule has 0 aromatic heterocycles. The normalized spacial score (nSPS) is 14.7. The van der Waals surface area contributed by atoms with Gasteiger partial charge in [0.1, 0.15) is 5.78 Å². The molecule has 1 heterocycles. The fourth-order valence-corrected chi connectivity index (χ4v) is 3.38. The van der Waals surface area contributed by atoms with Crippen LogP contribution in [0.15, 0.2) is 47.6 Å². The molecule has 4 nitrogen and oxygen atoms in total. The Labute approximate surface area is 183 Å². The summed E-state index contributed by atoms with van der Waals surface area (Å²) in [6.45, 7) is 5.62. The molecule has 2 aromatic rings. The predicted octanol–water partition coefficient (Wildman–Crippen LogP) is 6.05. The van der Waals surface area contributed by atoms with Crippen molar-refractivity contribution < 1.29 is 22.8 Å². The van der Waals surface area contributed by atoms with Crippen LogP contribution in [0, 0.1) is 5.41 Å². The number of aryl methyl sites for hydroxylation is 1. The Bertz CT molecular complexity index is 1040. The molecule has 0 atom stereocenters. The van der Waals surface area contributed by atoms with Gasteiger partial charge < -0.3 is 0 Å². The highest BCUT2D eigenvalue weighted by atomic mass is 35.5. The Morgan fingerprint density at radius 3 is 2.32 bits per heavy atom. The van der Waals surface area contributed by atoms with Gasteiger partial charge in [0.05, 0.1) is 23.4 Å². The van der Waals surface area contributed by atoms with Gasteiger partial charge in [0.15, 0.2) is 0 Å². The van der Waals surface area contributed by atoms with Gasteiger partial charge in [-0.3, -0.25) is 9.59 Å². The second kappa shape index (κ2) is 8.46. The Morgan fingerprint density at radius 2 is 1.74 bits per heavy atom. The summed E-state index contributed by atoms with van der Waals surface area (Å²) in [5, 5.41) is 5.80. The Morgan fingerprint density at radius 1 is 1.10 bits per heavy atom. The highest BCUT2D eigenvalue weighted by molar-refractivity contribution is 6.35. The zero-order valence-electron chi connectivity index (χ0n) is 17.4. The first kappa shape index (κ1) is 23.0. The number of anilines is 1. The number of carbonyl (C=O) groups is 2. The molecule has 0 unspecified atom stereocenters. The monoisotopic (exact) mass is 450 g/mol. The third kappa shape index (κ3) is 5.34. The predicted molar refractivity (Wildman–Crippen MR) is 114 cm³/mol. The molecular formula is C23H22ClF3N2O2. The minimum Gasteiger partial charge on any atom is -0.299 e. The summed E-state index contributed by atoms with van der Waals surface area (Å²) in [5.74, 6) is -0.218. The van der Waals surface area contributed by atoms with Gasteiger partial charge in [-0.15, -0.1) is 0 Å². The second-order valence-corrected chi connectivity index (χ2v) is 8.87. The maximum atomic E-state index is 12.8. The van der Waals surface area contributed by atoms with Gasteiger partial charge in [-0.05, 0) is 48.4 Å². The average Bonchev–Trinajstić information content (AvgIpc) is 3.07. The van der Waals surface area contributed by atoms with Gasteiger partial charge in [-0.2, -0.15) is 18.3 Å². The number of hydrogen-bond donors (Lipinski definition) is 0. The van der Waals surface area contributed by atoms with Crippen LogP contribution in [0.2, 0.25) is 5.02 Å². The number of rotatable bonds is 5. The summed E-state index contributed by atoms with van der Waals surface area (Å²) >= 11 is 6.32. The van der Waals surface area contributed by atoms with Gasteiger partial charge in [-0.25, -0.2) is 5.01 Å². The van der Waals surface area contributed by atoms with E-state index in [2.05, 4.69) is 5.10 Å². The van der Waals surface area contributed by atoms with Crippen LogP contribution in [0.3, 0.4) is 0 Å². The van der Waals surface area contributed by atoms with Gasteiger partial charge in [0.25, 0.3) is 5.91 Å². The molecule has 0 N–H and O–H groups in total. The molecule has 0 saturated heterocycles. The molecular weight excluding hydrogens is 429 g/mol. The van der Waals surface area contributed by atoms with E-state index in [1.54, 1.807) is 12.1 Å². The van der Waals surface area contributed by atoms with Gasteiger partial charge >= 0.3 is 6.18 Å². The Balaban J connectivity index is 1.82. The molecule has 164 valence electrons. The minimum absolute atomic E-state index is 0.0227. The zero-order chi connectivity index (χ0) is 23.0. The lowest BCUT2D eigenvalue weighted by atomic mass is 9.87. The summed E-state index contributed by atoms with van der Waals surface area (Å²) < 4.78 is 38.3. The van der Waals surface area contributed by atoms with Crippen molar-refractivity contribution in [1.82, 2.24) is 0 Å². The van der Waals surface area contributed by atoms with Crippen molar-refractivity contribution >= 4 is 34.7 Å². The molecule has 31 heavy (non-hydrogen) atoms. The van der Waals surface area contributed by atoms with E-state index in [0.717, 1.165) is 22.7 Å². The lowest BCUT2D eigenvalue weighted by Gasteiger charge is -2.16. The van der Waals surface area contributed by atoms with Crippen LogP contribution in [0.25, 0.3) is 0 Å². The van der Waals surface area contributed by atoms with Crippen LogP contribution < -0.4 is 5.01 Å². The molecule has 0 bridgehead atoms. The summed E-state index contributed by atoms with van der Waals surface area (Å²) in [6.07, 6.45) is -3.56. The van der Waals surface area contributed by atoms with E-state index in [4.69, 9.17) is 11.6 Å². The van der Waals surface area contributed by atoms with Crippen LogP contribution >= 0.6 is 11.6 Å². The molecule has 1 aliphatic rings. The Kier molecular flexibility index (Phi) is 6.28. The number of ketones is 1. The highest BCUT2D eigenvalue weighted by Crippen LogP contribution is 2.32. The molecule has 0 radical (unpaired) electrons. The summed E-state index contributed by atoms with van der Waals surface area (Å²) in [4.78, 5) is 24.7. The van der Waals surface area contributed by atoms with Crippen LogP contribution in [-0.2, 0) is 22.2 Å². The first-order valence-electron chi connectivity index (χ1n) is 9.76. The van der Waals surface area contributed by atoms with E-state index in [0.29, 0.717) is 29.1 Å². The smallest absolute Gasteiger partial charge is 0.299 e. The quantitative estimate of drug-likeness (QED) is 0.557. The van der Waals surface area contributed by atoms with Gasteiger partial charge in [-0.1, -0.05) is 38.4 Å². The third-order valence-corrected chi connectivity index (χ3v) is 5.36. The number of amides is 1. The fraction of sp³-hybridized carbons (Fsp3) is 0.348. The van der Waals surface area contributed by atoms with E-state index in [9.17, 15) is 22.8 Å². The number of Topliss-reactive ketones (excluding diaryl/α,β-unsaturated/α-hetero) is 1. The third-order valence-electron chi connectivity index (χ3n) is 5.03. The van der Waals surface area contributed by atoms with Crippen LogP contribution in [0.4, 0.5) is 18.9 Å². The largest absolute Gasteiger partial charge is 0.416 e. The number of benzene rings is 2. The SMILES string of the molecule is CC(C)(C)C(=O)CCc1ccc(Cl)c(C2=NN(c3ccc(C(F)(F)F)cc3)C(=O)C2)c1. The summed E-state index contributed by atoms with van der Waals surface area (Å²) in [6, 6.07) is 9.58. The lowest BCUT2D eigenvalue weighted by Crippen LogP contribution is -2.20. The number of hydrogen-bond acceptors (Lipinski definition) is 3. The van der Waals surface area contributed by atoms with Crippen LogP contribution in [-0.4, -0.2) is 17.4 Å². The number of halogens is 4. The molecule has 0 spiro atoms.